The normalized spacial score (nSPS) is 10.8. The predicted octanol–water partition coefficient (Wildman–Crippen LogP) is 2.53. The quantitative estimate of drug-likeness (QED) is 0.702. The van der Waals surface area contributed by atoms with Crippen molar-refractivity contribution in [1.82, 2.24) is 4.57 Å². The molecule has 0 aliphatic rings. The number of aliphatic carboxylic acids is 1. The first-order chi connectivity index (χ1) is 10.6. The molecule has 0 fully saturated rings. The molecule has 0 spiro atoms. The number of benzene rings is 1. The summed E-state index contributed by atoms with van der Waals surface area (Å²) in [6, 6.07) is 11.6. The molecule has 0 amide bonds. The lowest BCUT2D eigenvalue weighted by molar-refractivity contribution is -0.305. The Morgan fingerprint density at radius 1 is 1.23 bits per heavy atom. The van der Waals surface area contributed by atoms with Crippen LogP contribution in [0.4, 0.5) is 0 Å². The molecule has 1 heterocycles. The Morgan fingerprint density at radius 2 is 1.95 bits per heavy atom. The van der Waals surface area contributed by atoms with Gasteiger partial charge in [0.2, 0.25) is 0 Å². The number of aromatic nitrogens is 1. The smallest absolute Gasteiger partial charge is 0.0482 e. The van der Waals surface area contributed by atoms with Crippen LogP contribution in [0.1, 0.15) is 18.5 Å². The third-order valence-electron chi connectivity index (χ3n) is 3.53. The first-order valence-corrected chi connectivity index (χ1v) is 7.62. The Labute approximate surface area is 135 Å². The SMILES string of the molecule is COCCCn1c(CCC(=O)[O-])ccc1-c1ccc(Cl)cc1. The molecule has 2 rings (SSSR count). The van der Waals surface area contributed by atoms with Gasteiger partial charge in [-0.3, -0.25) is 0 Å². The second-order valence-electron chi connectivity index (χ2n) is 5.09. The van der Waals surface area contributed by atoms with Crippen molar-refractivity contribution >= 4 is 17.6 Å². The highest BCUT2D eigenvalue weighted by Crippen LogP contribution is 2.25. The van der Waals surface area contributed by atoms with Crippen LogP contribution < -0.4 is 5.11 Å². The summed E-state index contributed by atoms with van der Waals surface area (Å²) in [5.41, 5.74) is 3.10. The van der Waals surface area contributed by atoms with Gasteiger partial charge in [0.1, 0.15) is 0 Å². The van der Waals surface area contributed by atoms with E-state index < -0.39 is 5.97 Å². The maximum atomic E-state index is 10.7. The van der Waals surface area contributed by atoms with Gasteiger partial charge >= 0.3 is 0 Å². The Hall–Kier alpha value is -1.78. The Balaban J connectivity index is 2.27. The molecule has 0 aliphatic heterocycles. The van der Waals surface area contributed by atoms with E-state index in [1.54, 1.807) is 7.11 Å². The standard InChI is InChI=1S/C17H20ClNO3/c1-22-12-2-11-19-15(8-10-17(20)21)7-9-16(19)13-3-5-14(18)6-4-13/h3-7,9H,2,8,10-12H2,1H3,(H,20,21)/p-1. The van der Waals surface area contributed by atoms with E-state index in [1.165, 1.54) is 0 Å². The van der Waals surface area contributed by atoms with Gasteiger partial charge in [-0.05, 0) is 49.1 Å². The molecule has 0 saturated heterocycles. The van der Waals surface area contributed by atoms with Gasteiger partial charge in [0.25, 0.3) is 0 Å². The Morgan fingerprint density at radius 3 is 2.59 bits per heavy atom. The highest BCUT2D eigenvalue weighted by molar-refractivity contribution is 6.30. The van der Waals surface area contributed by atoms with Crippen molar-refractivity contribution in [2.75, 3.05) is 13.7 Å². The lowest BCUT2D eigenvalue weighted by atomic mass is 10.1. The van der Waals surface area contributed by atoms with Gasteiger partial charge in [-0.15, -0.1) is 0 Å². The molecule has 0 aliphatic carbocycles. The molecule has 5 heteroatoms. The minimum atomic E-state index is -1.03. The number of carbonyl (C=O) groups excluding carboxylic acids is 1. The fourth-order valence-electron chi connectivity index (χ4n) is 2.46. The highest BCUT2D eigenvalue weighted by Gasteiger charge is 2.10. The van der Waals surface area contributed by atoms with Crippen LogP contribution in [0.5, 0.6) is 0 Å². The Bertz CT molecular complexity index is 619. The number of carboxylic acids is 1. The molecular formula is C17H19ClNO3-. The first kappa shape index (κ1) is 16.6. The summed E-state index contributed by atoms with van der Waals surface area (Å²) in [6.07, 6.45) is 1.35. The van der Waals surface area contributed by atoms with E-state index in [0.717, 1.165) is 29.9 Å². The van der Waals surface area contributed by atoms with Crippen LogP contribution >= 0.6 is 11.6 Å². The maximum Gasteiger partial charge on any atom is 0.0482 e. The zero-order chi connectivity index (χ0) is 15.9. The second kappa shape index (κ2) is 8.01. The molecule has 0 N–H and O–H groups in total. The maximum absolute atomic E-state index is 10.7. The average Bonchev–Trinajstić information content (AvgIpc) is 2.89. The summed E-state index contributed by atoms with van der Waals surface area (Å²) in [7, 11) is 1.67. The highest BCUT2D eigenvalue weighted by atomic mass is 35.5. The third-order valence-corrected chi connectivity index (χ3v) is 3.78. The summed E-state index contributed by atoms with van der Waals surface area (Å²) in [4.78, 5) is 10.7. The van der Waals surface area contributed by atoms with E-state index in [2.05, 4.69) is 4.57 Å². The van der Waals surface area contributed by atoms with Crippen molar-refractivity contribution in [3.8, 4) is 11.3 Å². The number of nitrogens with zero attached hydrogens (tertiary/aromatic N) is 1. The van der Waals surface area contributed by atoms with E-state index in [0.29, 0.717) is 18.1 Å². The summed E-state index contributed by atoms with van der Waals surface area (Å²) in [5, 5.41) is 11.4. The molecule has 118 valence electrons. The molecular weight excluding hydrogens is 302 g/mol. The predicted molar refractivity (Wildman–Crippen MR) is 84.7 cm³/mol. The number of aryl methyl sites for hydroxylation is 1. The van der Waals surface area contributed by atoms with E-state index in [-0.39, 0.29) is 6.42 Å². The number of rotatable bonds is 8. The van der Waals surface area contributed by atoms with Crippen LogP contribution in [0.25, 0.3) is 11.3 Å². The third kappa shape index (κ3) is 4.36. The zero-order valence-corrected chi connectivity index (χ0v) is 13.3. The topological polar surface area (TPSA) is 54.3 Å². The monoisotopic (exact) mass is 320 g/mol. The van der Waals surface area contributed by atoms with Crippen molar-refractivity contribution in [2.24, 2.45) is 0 Å². The fraction of sp³-hybridized carbons (Fsp3) is 0.353. The number of carbonyl (C=O) groups is 1. The number of methoxy groups -OCH3 is 1. The van der Waals surface area contributed by atoms with Crippen LogP contribution in [0.2, 0.25) is 5.02 Å². The number of hydrogen-bond acceptors (Lipinski definition) is 3. The van der Waals surface area contributed by atoms with Gasteiger partial charge in [0, 0.05) is 42.6 Å². The zero-order valence-electron chi connectivity index (χ0n) is 12.5. The number of carboxylic acid groups (broad SMARTS) is 1. The van der Waals surface area contributed by atoms with Crippen LogP contribution in [-0.2, 0) is 22.5 Å². The molecule has 0 unspecified atom stereocenters. The molecule has 0 bridgehead atoms. The molecule has 0 atom stereocenters. The van der Waals surface area contributed by atoms with Crippen molar-refractivity contribution in [1.29, 1.82) is 0 Å². The molecule has 4 nitrogen and oxygen atoms in total. The lowest BCUT2D eigenvalue weighted by Gasteiger charge is -2.14. The molecule has 0 saturated carbocycles. The molecule has 1 aromatic heterocycles. The number of halogens is 1. The molecule has 2 aromatic rings. The van der Waals surface area contributed by atoms with Crippen LogP contribution in [0.3, 0.4) is 0 Å². The fourth-order valence-corrected chi connectivity index (χ4v) is 2.59. The average molecular weight is 321 g/mol. The van der Waals surface area contributed by atoms with Crippen LogP contribution in [-0.4, -0.2) is 24.3 Å². The van der Waals surface area contributed by atoms with Gasteiger partial charge in [0.15, 0.2) is 0 Å². The molecule has 0 radical (unpaired) electrons. The largest absolute Gasteiger partial charge is 0.550 e. The molecule has 1 aromatic carbocycles. The summed E-state index contributed by atoms with van der Waals surface area (Å²) < 4.78 is 7.25. The van der Waals surface area contributed by atoms with Crippen molar-refractivity contribution in [3.63, 3.8) is 0 Å². The van der Waals surface area contributed by atoms with Gasteiger partial charge in [-0.1, -0.05) is 23.7 Å². The minimum Gasteiger partial charge on any atom is -0.550 e. The van der Waals surface area contributed by atoms with E-state index in [1.807, 2.05) is 36.4 Å². The van der Waals surface area contributed by atoms with Crippen LogP contribution in [0, 0.1) is 0 Å². The van der Waals surface area contributed by atoms with Gasteiger partial charge < -0.3 is 19.2 Å². The number of hydrogen-bond donors (Lipinski definition) is 0. The van der Waals surface area contributed by atoms with Gasteiger partial charge in [0.05, 0.1) is 0 Å². The van der Waals surface area contributed by atoms with E-state index in [9.17, 15) is 9.90 Å². The molecule has 22 heavy (non-hydrogen) atoms. The van der Waals surface area contributed by atoms with E-state index in [4.69, 9.17) is 16.3 Å². The van der Waals surface area contributed by atoms with E-state index >= 15 is 0 Å². The van der Waals surface area contributed by atoms with Crippen molar-refractivity contribution in [3.05, 3.63) is 47.1 Å². The summed E-state index contributed by atoms with van der Waals surface area (Å²) in [6.45, 7) is 1.44. The van der Waals surface area contributed by atoms with Gasteiger partial charge in [-0.25, -0.2) is 0 Å². The van der Waals surface area contributed by atoms with Crippen LogP contribution in [0.15, 0.2) is 36.4 Å². The van der Waals surface area contributed by atoms with Crippen molar-refractivity contribution < 1.29 is 14.6 Å². The minimum absolute atomic E-state index is 0.0222. The Kier molecular flexibility index (Phi) is 6.04. The number of ether oxygens (including phenoxy) is 1. The summed E-state index contributed by atoms with van der Waals surface area (Å²) >= 11 is 5.94. The summed E-state index contributed by atoms with van der Waals surface area (Å²) in [5.74, 6) is -1.03. The van der Waals surface area contributed by atoms with Gasteiger partial charge in [-0.2, -0.15) is 0 Å². The lowest BCUT2D eigenvalue weighted by Crippen LogP contribution is -2.23. The second-order valence-corrected chi connectivity index (χ2v) is 5.52. The first-order valence-electron chi connectivity index (χ1n) is 7.25. The van der Waals surface area contributed by atoms with Crippen molar-refractivity contribution in [2.45, 2.75) is 25.8 Å².